The Balaban J connectivity index is 2.41. The van der Waals surface area contributed by atoms with Gasteiger partial charge in [-0.1, -0.05) is 25.1 Å². The highest BCUT2D eigenvalue weighted by molar-refractivity contribution is 5.69. The zero-order chi connectivity index (χ0) is 12.8. The molecule has 1 atom stereocenters. The molecular weight excluding hydrogens is 221 g/mol. The second-order valence-corrected chi connectivity index (χ2v) is 4.34. The summed E-state index contributed by atoms with van der Waals surface area (Å²) in [6, 6.07) is 6.66. The van der Waals surface area contributed by atoms with Crippen LogP contribution in [0.2, 0.25) is 0 Å². The maximum Gasteiger partial charge on any atom is 0.307 e. The van der Waals surface area contributed by atoms with E-state index < -0.39 is 11.9 Å². The number of rotatable bonds is 6. The summed E-state index contributed by atoms with van der Waals surface area (Å²) in [5.41, 5.74) is 0.669. The van der Waals surface area contributed by atoms with Gasteiger partial charge in [0.05, 0.1) is 5.92 Å². The highest BCUT2D eigenvalue weighted by Crippen LogP contribution is 2.08. The lowest BCUT2D eigenvalue weighted by atomic mass is 10.1. The van der Waals surface area contributed by atoms with Crippen LogP contribution in [-0.2, 0) is 11.2 Å². The molecule has 3 nitrogen and oxygen atoms in total. The number of carboxylic acid groups (broad SMARTS) is 1. The Labute approximate surface area is 101 Å². The fourth-order valence-corrected chi connectivity index (χ4v) is 1.65. The summed E-state index contributed by atoms with van der Waals surface area (Å²) in [6.45, 7) is 2.80. The first kappa shape index (κ1) is 13.6. The molecule has 0 saturated carbocycles. The molecule has 0 aliphatic rings. The Bertz CT molecular complexity index is 381. The maximum absolute atomic E-state index is 13.3. The largest absolute Gasteiger partial charge is 0.481 e. The van der Waals surface area contributed by atoms with Crippen LogP contribution in [0, 0.1) is 11.7 Å². The number of carboxylic acids is 1. The molecule has 0 saturated heterocycles. The first-order valence-corrected chi connectivity index (χ1v) is 5.65. The quantitative estimate of drug-likeness (QED) is 0.825. The van der Waals surface area contributed by atoms with E-state index in [-0.39, 0.29) is 5.82 Å². The second kappa shape index (κ2) is 6.35. The molecule has 0 amide bonds. The highest BCUT2D eigenvalue weighted by Gasteiger charge is 2.13. The Morgan fingerprint density at radius 2 is 2.12 bits per heavy atom. The van der Waals surface area contributed by atoms with Gasteiger partial charge >= 0.3 is 5.97 Å². The third kappa shape index (κ3) is 4.53. The molecule has 0 aromatic heterocycles. The normalized spacial score (nSPS) is 12.7. The molecule has 0 aliphatic heterocycles. The van der Waals surface area contributed by atoms with Gasteiger partial charge in [-0.15, -0.1) is 0 Å². The van der Waals surface area contributed by atoms with Crippen molar-refractivity contribution in [1.29, 1.82) is 0 Å². The van der Waals surface area contributed by atoms with E-state index in [2.05, 4.69) is 0 Å². The molecule has 1 rings (SSSR count). The van der Waals surface area contributed by atoms with Crippen LogP contribution in [0.5, 0.6) is 0 Å². The summed E-state index contributed by atoms with van der Waals surface area (Å²) in [7, 11) is 1.85. The van der Waals surface area contributed by atoms with Gasteiger partial charge in [0.1, 0.15) is 5.82 Å². The molecule has 1 aromatic carbocycles. The van der Waals surface area contributed by atoms with Crippen molar-refractivity contribution in [2.75, 3.05) is 20.1 Å². The van der Waals surface area contributed by atoms with Gasteiger partial charge in [-0.05, 0) is 25.1 Å². The molecule has 0 bridgehead atoms. The van der Waals surface area contributed by atoms with Gasteiger partial charge in [0, 0.05) is 13.1 Å². The lowest BCUT2D eigenvalue weighted by Crippen LogP contribution is -2.30. The van der Waals surface area contributed by atoms with Crippen LogP contribution >= 0.6 is 0 Å². The fraction of sp³-hybridized carbons (Fsp3) is 0.462. The monoisotopic (exact) mass is 239 g/mol. The van der Waals surface area contributed by atoms with E-state index in [1.807, 2.05) is 11.9 Å². The summed E-state index contributed by atoms with van der Waals surface area (Å²) in [5.74, 6) is -1.41. The standard InChI is InChI=1S/C13H18FNO2/c1-10(13(16)17)9-15(2)8-7-11-5-3-4-6-12(11)14/h3-6,10H,7-9H2,1-2H3,(H,16,17). The second-order valence-electron chi connectivity index (χ2n) is 4.34. The summed E-state index contributed by atoms with van der Waals surface area (Å²) in [4.78, 5) is 12.6. The van der Waals surface area contributed by atoms with Crippen molar-refractivity contribution in [2.24, 2.45) is 5.92 Å². The predicted octanol–water partition coefficient (Wildman–Crippen LogP) is 2.02. The zero-order valence-corrected chi connectivity index (χ0v) is 10.2. The average molecular weight is 239 g/mol. The van der Waals surface area contributed by atoms with Crippen LogP contribution in [0.3, 0.4) is 0 Å². The molecule has 1 aromatic rings. The molecule has 17 heavy (non-hydrogen) atoms. The lowest BCUT2D eigenvalue weighted by molar-refractivity contribution is -0.141. The van der Waals surface area contributed by atoms with Crippen molar-refractivity contribution in [2.45, 2.75) is 13.3 Å². The Hall–Kier alpha value is -1.42. The molecule has 0 heterocycles. The molecule has 0 fully saturated rings. The Kier molecular flexibility index (Phi) is 5.10. The molecule has 4 heteroatoms. The summed E-state index contributed by atoms with van der Waals surface area (Å²) >= 11 is 0. The lowest BCUT2D eigenvalue weighted by Gasteiger charge is -2.18. The van der Waals surface area contributed by atoms with Gasteiger partial charge in [-0.25, -0.2) is 4.39 Å². The number of carbonyl (C=O) groups is 1. The van der Waals surface area contributed by atoms with Crippen LogP contribution in [0.15, 0.2) is 24.3 Å². The average Bonchev–Trinajstić information content (AvgIpc) is 2.27. The van der Waals surface area contributed by atoms with Gasteiger partial charge in [-0.2, -0.15) is 0 Å². The fourth-order valence-electron chi connectivity index (χ4n) is 1.65. The smallest absolute Gasteiger partial charge is 0.307 e. The van der Waals surface area contributed by atoms with E-state index in [1.54, 1.807) is 25.1 Å². The van der Waals surface area contributed by atoms with Crippen molar-refractivity contribution < 1.29 is 14.3 Å². The summed E-state index contributed by atoms with van der Waals surface area (Å²) < 4.78 is 13.3. The number of likely N-dealkylation sites (N-methyl/N-ethyl adjacent to an activating group) is 1. The van der Waals surface area contributed by atoms with Gasteiger partial charge in [0.25, 0.3) is 0 Å². The molecule has 0 radical (unpaired) electrons. The molecular formula is C13H18FNO2. The molecule has 0 aliphatic carbocycles. The Morgan fingerprint density at radius 3 is 2.71 bits per heavy atom. The minimum absolute atomic E-state index is 0.202. The van der Waals surface area contributed by atoms with E-state index >= 15 is 0 Å². The van der Waals surface area contributed by atoms with E-state index in [1.165, 1.54) is 6.07 Å². The minimum Gasteiger partial charge on any atom is -0.481 e. The van der Waals surface area contributed by atoms with Gasteiger partial charge in [-0.3, -0.25) is 4.79 Å². The van der Waals surface area contributed by atoms with Gasteiger partial charge in [0.2, 0.25) is 0 Å². The topological polar surface area (TPSA) is 40.5 Å². The number of halogens is 1. The number of hydrogen-bond donors (Lipinski definition) is 1. The van der Waals surface area contributed by atoms with Crippen molar-refractivity contribution in [3.63, 3.8) is 0 Å². The van der Waals surface area contributed by atoms with Crippen molar-refractivity contribution in [1.82, 2.24) is 4.90 Å². The van der Waals surface area contributed by atoms with Crippen LogP contribution < -0.4 is 0 Å². The van der Waals surface area contributed by atoms with E-state index in [0.29, 0.717) is 25.1 Å². The maximum atomic E-state index is 13.3. The molecule has 1 unspecified atom stereocenters. The predicted molar refractivity (Wildman–Crippen MR) is 64.4 cm³/mol. The number of nitrogens with zero attached hydrogens (tertiary/aromatic N) is 1. The van der Waals surface area contributed by atoms with E-state index in [4.69, 9.17) is 5.11 Å². The van der Waals surface area contributed by atoms with Crippen LogP contribution in [0.1, 0.15) is 12.5 Å². The van der Waals surface area contributed by atoms with Crippen LogP contribution in [-0.4, -0.2) is 36.1 Å². The SMILES string of the molecule is CC(CN(C)CCc1ccccc1F)C(=O)O. The van der Waals surface area contributed by atoms with Crippen molar-refractivity contribution in [3.05, 3.63) is 35.6 Å². The molecule has 0 spiro atoms. The van der Waals surface area contributed by atoms with E-state index in [9.17, 15) is 9.18 Å². The first-order chi connectivity index (χ1) is 8.00. The summed E-state index contributed by atoms with van der Waals surface area (Å²) in [6.07, 6.45) is 0.593. The third-order valence-electron chi connectivity index (χ3n) is 2.73. The van der Waals surface area contributed by atoms with Crippen molar-refractivity contribution >= 4 is 5.97 Å². The van der Waals surface area contributed by atoms with Crippen molar-refractivity contribution in [3.8, 4) is 0 Å². The summed E-state index contributed by atoms with van der Waals surface area (Å²) in [5, 5.41) is 8.77. The zero-order valence-electron chi connectivity index (χ0n) is 10.2. The number of aliphatic carboxylic acids is 1. The van der Waals surface area contributed by atoms with Crippen LogP contribution in [0.4, 0.5) is 4.39 Å². The Morgan fingerprint density at radius 1 is 1.47 bits per heavy atom. The minimum atomic E-state index is -0.803. The number of benzene rings is 1. The highest BCUT2D eigenvalue weighted by atomic mass is 19.1. The molecule has 94 valence electrons. The van der Waals surface area contributed by atoms with E-state index in [0.717, 1.165) is 0 Å². The first-order valence-electron chi connectivity index (χ1n) is 5.65. The number of hydrogen-bond acceptors (Lipinski definition) is 2. The molecule has 1 N–H and O–H groups in total. The van der Waals surface area contributed by atoms with Crippen LogP contribution in [0.25, 0.3) is 0 Å². The third-order valence-corrected chi connectivity index (χ3v) is 2.73. The van der Waals surface area contributed by atoms with Gasteiger partial charge in [0.15, 0.2) is 0 Å². The van der Waals surface area contributed by atoms with Gasteiger partial charge < -0.3 is 10.0 Å².